The molecule has 2 amide bonds. The molecule has 1 aromatic carbocycles. The summed E-state index contributed by atoms with van der Waals surface area (Å²) in [4.78, 5) is 25.6. The van der Waals surface area contributed by atoms with Crippen LogP contribution in [0.2, 0.25) is 0 Å². The lowest BCUT2D eigenvalue weighted by atomic mass is 10.2. The second-order valence-corrected chi connectivity index (χ2v) is 4.66. The molecular weight excluding hydrogens is 256 g/mol. The summed E-state index contributed by atoms with van der Waals surface area (Å²) in [5.74, 6) is -1.13. The summed E-state index contributed by atoms with van der Waals surface area (Å²) in [6, 6.07) is 8.99. The van der Waals surface area contributed by atoms with Gasteiger partial charge in [-0.3, -0.25) is 9.59 Å². The van der Waals surface area contributed by atoms with Crippen molar-refractivity contribution in [2.24, 2.45) is 0 Å². The molecule has 0 saturated heterocycles. The van der Waals surface area contributed by atoms with Crippen LogP contribution in [-0.4, -0.2) is 30.0 Å². The van der Waals surface area contributed by atoms with Crippen molar-refractivity contribution >= 4 is 17.5 Å². The van der Waals surface area contributed by atoms with Gasteiger partial charge < -0.3 is 15.3 Å². The van der Waals surface area contributed by atoms with Crippen LogP contribution in [-0.2, 0) is 9.59 Å². The van der Waals surface area contributed by atoms with Crippen molar-refractivity contribution in [3.63, 3.8) is 0 Å². The predicted octanol–water partition coefficient (Wildman–Crippen LogP) is 1.76. The molecule has 5 heteroatoms. The first kappa shape index (κ1) is 14.1. The number of benzene rings is 1. The number of carbonyl (C=O) groups excluding carboxylic acids is 2. The van der Waals surface area contributed by atoms with Gasteiger partial charge in [-0.25, -0.2) is 0 Å². The van der Waals surface area contributed by atoms with Gasteiger partial charge in [0.2, 0.25) is 0 Å². The van der Waals surface area contributed by atoms with Crippen LogP contribution in [0, 0.1) is 0 Å². The first-order valence-corrected chi connectivity index (χ1v) is 6.72. The molecule has 5 nitrogen and oxygen atoms in total. The Labute approximate surface area is 117 Å². The van der Waals surface area contributed by atoms with Gasteiger partial charge in [0.1, 0.15) is 11.3 Å². The predicted molar refractivity (Wildman–Crippen MR) is 76.4 cm³/mol. The van der Waals surface area contributed by atoms with E-state index in [0.29, 0.717) is 12.2 Å². The smallest absolute Gasteiger partial charge is 0.267 e. The van der Waals surface area contributed by atoms with Crippen LogP contribution in [0.15, 0.2) is 41.7 Å². The first-order valence-electron chi connectivity index (χ1n) is 6.72. The average Bonchev–Trinajstić information content (AvgIpc) is 2.75. The molecule has 1 aromatic rings. The SMILES string of the molecule is CCCCNC(=O)C1=C(O)CN(c2ccccc2)C1=O. The van der Waals surface area contributed by atoms with E-state index in [2.05, 4.69) is 5.32 Å². The third-order valence-corrected chi connectivity index (χ3v) is 3.17. The summed E-state index contributed by atoms with van der Waals surface area (Å²) < 4.78 is 0. The van der Waals surface area contributed by atoms with Gasteiger partial charge in [-0.2, -0.15) is 0 Å². The van der Waals surface area contributed by atoms with Crippen molar-refractivity contribution in [3.8, 4) is 0 Å². The minimum Gasteiger partial charge on any atom is -0.509 e. The van der Waals surface area contributed by atoms with Crippen molar-refractivity contribution in [2.75, 3.05) is 18.0 Å². The van der Waals surface area contributed by atoms with E-state index < -0.39 is 11.8 Å². The van der Waals surface area contributed by atoms with E-state index >= 15 is 0 Å². The van der Waals surface area contributed by atoms with Crippen molar-refractivity contribution in [2.45, 2.75) is 19.8 Å². The van der Waals surface area contributed by atoms with E-state index in [1.807, 2.05) is 13.0 Å². The average molecular weight is 274 g/mol. The molecule has 2 N–H and O–H groups in total. The highest BCUT2D eigenvalue weighted by Crippen LogP contribution is 2.24. The summed E-state index contributed by atoms with van der Waals surface area (Å²) in [5, 5.41) is 12.5. The maximum atomic E-state index is 12.2. The molecule has 20 heavy (non-hydrogen) atoms. The van der Waals surface area contributed by atoms with Crippen LogP contribution >= 0.6 is 0 Å². The Morgan fingerprint density at radius 1 is 1.35 bits per heavy atom. The Morgan fingerprint density at radius 3 is 2.70 bits per heavy atom. The number of nitrogens with one attached hydrogen (secondary N) is 1. The Kier molecular flexibility index (Phi) is 4.40. The fourth-order valence-electron chi connectivity index (χ4n) is 2.07. The third-order valence-electron chi connectivity index (χ3n) is 3.17. The van der Waals surface area contributed by atoms with Crippen LogP contribution in [0.5, 0.6) is 0 Å². The molecule has 0 atom stereocenters. The Balaban J connectivity index is 2.10. The fraction of sp³-hybridized carbons (Fsp3) is 0.333. The zero-order chi connectivity index (χ0) is 14.5. The molecule has 0 aliphatic carbocycles. The van der Waals surface area contributed by atoms with Gasteiger partial charge in [-0.05, 0) is 18.6 Å². The van der Waals surface area contributed by atoms with E-state index in [9.17, 15) is 14.7 Å². The summed E-state index contributed by atoms with van der Waals surface area (Å²) in [5.41, 5.74) is 0.519. The van der Waals surface area contributed by atoms with Crippen molar-refractivity contribution in [3.05, 3.63) is 41.7 Å². The van der Waals surface area contributed by atoms with E-state index in [1.165, 1.54) is 4.90 Å². The summed E-state index contributed by atoms with van der Waals surface area (Å²) in [7, 11) is 0. The summed E-state index contributed by atoms with van der Waals surface area (Å²) in [6.07, 6.45) is 1.80. The van der Waals surface area contributed by atoms with Gasteiger partial charge in [0.25, 0.3) is 11.8 Å². The number of para-hydroxylation sites is 1. The molecule has 1 aliphatic rings. The van der Waals surface area contributed by atoms with Crippen molar-refractivity contribution < 1.29 is 14.7 Å². The van der Waals surface area contributed by atoms with Gasteiger partial charge in [0.05, 0.1) is 6.54 Å². The molecule has 0 bridgehead atoms. The quantitative estimate of drug-likeness (QED) is 0.635. The molecule has 1 aliphatic heterocycles. The highest BCUT2D eigenvalue weighted by Gasteiger charge is 2.35. The first-order chi connectivity index (χ1) is 9.65. The Hall–Kier alpha value is -2.30. The standard InChI is InChI=1S/C15H18N2O3/c1-2-3-9-16-14(19)13-12(18)10-17(15(13)20)11-7-5-4-6-8-11/h4-8,18H,2-3,9-10H2,1H3,(H,16,19). The number of carbonyl (C=O) groups is 2. The zero-order valence-electron chi connectivity index (χ0n) is 11.4. The number of aliphatic hydroxyl groups excluding tert-OH is 1. The lowest BCUT2D eigenvalue weighted by Crippen LogP contribution is -2.33. The maximum absolute atomic E-state index is 12.2. The topological polar surface area (TPSA) is 69.6 Å². The van der Waals surface area contributed by atoms with Crippen LogP contribution in [0.3, 0.4) is 0 Å². The summed E-state index contributed by atoms with van der Waals surface area (Å²) >= 11 is 0. The lowest BCUT2D eigenvalue weighted by Gasteiger charge is -2.15. The number of aliphatic hydroxyl groups is 1. The number of nitrogens with zero attached hydrogens (tertiary/aromatic N) is 1. The monoisotopic (exact) mass is 274 g/mol. The largest absolute Gasteiger partial charge is 0.509 e. The number of anilines is 1. The maximum Gasteiger partial charge on any atom is 0.267 e. The Bertz CT molecular complexity index is 537. The van der Waals surface area contributed by atoms with Crippen molar-refractivity contribution in [1.29, 1.82) is 0 Å². The molecule has 2 rings (SSSR count). The Morgan fingerprint density at radius 2 is 2.05 bits per heavy atom. The molecule has 0 radical (unpaired) electrons. The van der Waals surface area contributed by atoms with Crippen molar-refractivity contribution in [1.82, 2.24) is 5.32 Å². The number of hydrogen-bond acceptors (Lipinski definition) is 3. The molecule has 0 fully saturated rings. The highest BCUT2D eigenvalue weighted by molar-refractivity contribution is 6.26. The molecule has 0 spiro atoms. The molecular formula is C15H18N2O3. The molecule has 0 unspecified atom stereocenters. The van der Waals surface area contributed by atoms with Gasteiger partial charge in [0.15, 0.2) is 0 Å². The normalized spacial score (nSPS) is 14.8. The highest BCUT2D eigenvalue weighted by atomic mass is 16.3. The van der Waals surface area contributed by atoms with Gasteiger partial charge in [0, 0.05) is 12.2 Å². The number of hydrogen-bond donors (Lipinski definition) is 2. The minimum atomic E-state index is -0.501. The second-order valence-electron chi connectivity index (χ2n) is 4.66. The van der Waals surface area contributed by atoms with E-state index in [0.717, 1.165) is 12.8 Å². The molecule has 0 aromatic heterocycles. The molecule has 106 valence electrons. The number of rotatable bonds is 5. The fourth-order valence-corrected chi connectivity index (χ4v) is 2.07. The van der Waals surface area contributed by atoms with E-state index in [4.69, 9.17) is 0 Å². The number of amides is 2. The molecule has 1 heterocycles. The van der Waals surface area contributed by atoms with E-state index in [-0.39, 0.29) is 17.9 Å². The van der Waals surface area contributed by atoms with Crippen LogP contribution in [0.1, 0.15) is 19.8 Å². The number of unbranched alkanes of at least 4 members (excludes halogenated alkanes) is 1. The van der Waals surface area contributed by atoms with Crippen LogP contribution in [0.25, 0.3) is 0 Å². The van der Waals surface area contributed by atoms with Crippen LogP contribution < -0.4 is 10.2 Å². The van der Waals surface area contributed by atoms with Gasteiger partial charge >= 0.3 is 0 Å². The lowest BCUT2D eigenvalue weighted by molar-refractivity contribution is -0.122. The molecule has 0 saturated carbocycles. The second kappa shape index (κ2) is 6.23. The van der Waals surface area contributed by atoms with Gasteiger partial charge in [-0.15, -0.1) is 0 Å². The van der Waals surface area contributed by atoms with Gasteiger partial charge in [-0.1, -0.05) is 31.5 Å². The minimum absolute atomic E-state index is 0.0410. The zero-order valence-corrected chi connectivity index (χ0v) is 11.4. The third kappa shape index (κ3) is 2.82. The summed E-state index contributed by atoms with van der Waals surface area (Å²) in [6.45, 7) is 2.56. The van der Waals surface area contributed by atoms with Crippen LogP contribution in [0.4, 0.5) is 5.69 Å². The van der Waals surface area contributed by atoms with E-state index in [1.54, 1.807) is 24.3 Å².